The predicted octanol–water partition coefficient (Wildman–Crippen LogP) is 3.06. The Hall–Kier alpha value is -2.05. The Labute approximate surface area is 165 Å². The van der Waals surface area contributed by atoms with Gasteiger partial charge in [0.25, 0.3) is 5.91 Å². The minimum absolute atomic E-state index is 0.0288. The van der Waals surface area contributed by atoms with Gasteiger partial charge in [0.1, 0.15) is 12.4 Å². The van der Waals surface area contributed by atoms with Crippen molar-refractivity contribution >= 4 is 23.4 Å². The lowest BCUT2D eigenvalue weighted by Crippen LogP contribution is -2.40. The maximum atomic E-state index is 11.8. The molecule has 2 rings (SSSR count). The summed E-state index contributed by atoms with van der Waals surface area (Å²) >= 11 is 5.78. The molecule has 1 saturated carbocycles. The monoisotopic (exact) mass is 394 g/mol. The third-order valence-corrected chi connectivity index (χ3v) is 4.51. The van der Waals surface area contributed by atoms with Gasteiger partial charge in [0, 0.05) is 23.7 Å². The van der Waals surface area contributed by atoms with Gasteiger partial charge in [-0.05, 0) is 42.5 Å². The van der Waals surface area contributed by atoms with Crippen LogP contribution in [0.4, 0.5) is 0 Å². The van der Waals surface area contributed by atoms with E-state index in [0.29, 0.717) is 34.8 Å². The molecular formula is C20H27ClN2O4. The van der Waals surface area contributed by atoms with Crippen molar-refractivity contribution in [2.24, 2.45) is 5.41 Å². The van der Waals surface area contributed by atoms with Crippen LogP contribution in [0.25, 0.3) is 0 Å². The van der Waals surface area contributed by atoms with E-state index < -0.39 is 0 Å². The number of rotatable bonds is 10. The predicted molar refractivity (Wildman–Crippen MR) is 105 cm³/mol. The summed E-state index contributed by atoms with van der Waals surface area (Å²) in [5.74, 6) is 0.100. The minimum atomic E-state index is -0.250. The lowest BCUT2D eigenvalue weighted by atomic mass is 9.70. The highest BCUT2D eigenvalue weighted by Gasteiger charge is 2.36. The summed E-state index contributed by atoms with van der Waals surface area (Å²) in [4.78, 5) is 23.6. The van der Waals surface area contributed by atoms with Crippen molar-refractivity contribution in [3.63, 3.8) is 0 Å². The van der Waals surface area contributed by atoms with Crippen molar-refractivity contribution < 1.29 is 19.1 Å². The van der Waals surface area contributed by atoms with E-state index in [1.807, 2.05) is 0 Å². The third-order valence-electron chi connectivity index (χ3n) is 4.26. The average Bonchev–Trinajstić information content (AvgIpc) is 2.57. The van der Waals surface area contributed by atoms with Crippen LogP contribution in [0, 0.1) is 5.41 Å². The highest BCUT2D eigenvalue weighted by molar-refractivity contribution is 6.30. The Morgan fingerprint density at radius 3 is 2.48 bits per heavy atom. The second-order valence-electron chi connectivity index (χ2n) is 7.50. The van der Waals surface area contributed by atoms with Gasteiger partial charge in [-0.1, -0.05) is 32.0 Å². The molecule has 148 valence electrons. The van der Waals surface area contributed by atoms with Crippen LogP contribution in [-0.4, -0.2) is 37.7 Å². The summed E-state index contributed by atoms with van der Waals surface area (Å²) in [6, 6.07) is 6.77. The maximum absolute atomic E-state index is 11.8. The van der Waals surface area contributed by atoms with E-state index in [9.17, 15) is 9.59 Å². The van der Waals surface area contributed by atoms with Crippen molar-refractivity contribution in [1.29, 1.82) is 0 Å². The fourth-order valence-electron chi connectivity index (χ4n) is 2.86. The molecule has 0 spiro atoms. The van der Waals surface area contributed by atoms with Gasteiger partial charge < -0.3 is 20.1 Å². The highest BCUT2D eigenvalue weighted by atomic mass is 35.5. The quantitative estimate of drug-likeness (QED) is 0.639. The molecule has 27 heavy (non-hydrogen) atoms. The van der Waals surface area contributed by atoms with Crippen molar-refractivity contribution in [3.05, 3.63) is 41.6 Å². The lowest BCUT2D eigenvalue weighted by molar-refractivity contribution is -0.133. The van der Waals surface area contributed by atoms with Gasteiger partial charge in [-0.2, -0.15) is 0 Å². The summed E-state index contributed by atoms with van der Waals surface area (Å²) in [7, 11) is 0. The van der Waals surface area contributed by atoms with Crippen LogP contribution < -0.4 is 15.4 Å². The van der Waals surface area contributed by atoms with Gasteiger partial charge in [0.2, 0.25) is 5.91 Å². The van der Waals surface area contributed by atoms with Crippen molar-refractivity contribution in [2.75, 3.05) is 19.8 Å². The molecule has 1 aliphatic carbocycles. The topological polar surface area (TPSA) is 76.7 Å². The van der Waals surface area contributed by atoms with Gasteiger partial charge in [-0.15, -0.1) is 0 Å². The number of hydrogen-bond donors (Lipinski definition) is 2. The van der Waals surface area contributed by atoms with Crippen LogP contribution in [-0.2, 0) is 14.3 Å². The fourth-order valence-corrected chi connectivity index (χ4v) is 2.99. The van der Waals surface area contributed by atoms with E-state index in [-0.39, 0.29) is 31.1 Å². The summed E-state index contributed by atoms with van der Waals surface area (Å²) < 4.78 is 10.9. The summed E-state index contributed by atoms with van der Waals surface area (Å²) in [5, 5.41) is 6.01. The molecule has 0 bridgehead atoms. The number of amides is 2. The third kappa shape index (κ3) is 8.01. The maximum Gasteiger partial charge on any atom is 0.257 e. The van der Waals surface area contributed by atoms with E-state index in [4.69, 9.17) is 21.1 Å². The smallest absolute Gasteiger partial charge is 0.257 e. The van der Waals surface area contributed by atoms with Crippen molar-refractivity contribution in [3.8, 4) is 5.75 Å². The molecule has 6 nitrogen and oxygen atoms in total. The van der Waals surface area contributed by atoms with Gasteiger partial charge in [-0.3, -0.25) is 9.59 Å². The molecule has 1 aliphatic rings. The molecule has 1 aromatic rings. The van der Waals surface area contributed by atoms with Crippen LogP contribution in [0.2, 0.25) is 5.02 Å². The first kappa shape index (κ1) is 21.3. The Kier molecular flexibility index (Phi) is 7.68. The van der Waals surface area contributed by atoms with Crippen LogP contribution in [0.5, 0.6) is 5.75 Å². The molecule has 2 amide bonds. The standard InChI is InChI=1S/C20H27ClN2O4/c1-14(23-19(25)13-27-17-10-20(2,3)11-17)8-9-22-18(24)12-26-16-6-4-15(21)5-7-16/h4-7,17H,1,8-13H2,2-3H3,(H,22,24)(H,23,25). The molecule has 0 atom stereocenters. The summed E-state index contributed by atoms with van der Waals surface area (Å²) in [6.07, 6.45) is 2.56. The van der Waals surface area contributed by atoms with Gasteiger partial charge in [0.15, 0.2) is 6.61 Å². The van der Waals surface area contributed by atoms with Gasteiger partial charge in [0.05, 0.1) is 6.10 Å². The highest BCUT2D eigenvalue weighted by Crippen LogP contribution is 2.41. The molecule has 0 aliphatic heterocycles. The zero-order chi connectivity index (χ0) is 19.9. The van der Waals surface area contributed by atoms with Gasteiger partial charge >= 0.3 is 0 Å². The first-order valence-electron chi connectivity index (χ1n) is 8.98. The molecule has 0 aromatic heterocycles. The average molecular weight is 395 g/mol. The van der Waals surface area contributed by atoms with E-state index in [1.54, 1.807) is 24.3 Å². The zero-order valence-electron chi connectivity index (χ0n) is 15.8. The number of hydrogen-bond acceptors (Lipinski definition) is 4. The van der Waals surface area contributed by atoms with Crippen LogP contribution >= 0.6 is 11.6 Å². The molecule has 1 aromatic carbocycles. The normalized spacial score (nSPS) is 15.5. The first-order valence-corrected chi connectivity index (χ1v) is 9.36. The van der Waals surface area contributed by atoms with Crippen LogP contribution in [0.1, 0.15) is 33.1 Å². The molecule has 2 N–H and O–H groups in total. The zero-order valence-corrected chi connectivity index (χ0v) is 16.6. The number of benzene rings is 1. The number of carbonyl (C=O) groups excluding carboxylic acids is 2. The van der Waals surface area contributed by atoms with Crippen LogP contribution in [0.3, 0.4) is 0 Å². The van der Waals surface area contributed by atoms with Crippen LogP contribution in [0.15, 0.2) is 36.5 Å². The molecule has 0 saturated heterocycles. The second kappa shape index (κ2) is 9.76. The van der Waals surface area contributed by atoms with E-state index in [2.05, 4.69) is 31.1 Å². The number of nitrogens with one attached hydrogen (secondary N) is 2. The molecule has 0 heterocycles. The minimum Gasteiger partial charge on any atom is -0.484 e. The SMILES string of the molecule is C=C(CCNC(=O)COc1ccc(Cl)cc1)NC(=O)COC1CC(C)(C)C1. The Balaban J connectivity index is 1.52. The Bertz CT molecular complexity index is 665. The first-order chi connectivity index (χ1) is 12.7. The van der Waals surface area contributed by atoms with E-state index in [0.717, 1.165) is 12.8 Å². The number of carbonyl (C=O) groups is 2. The largest absolute Gasteiger partial charge is 0.484 e. The molecule has 0 unspecified atom stereocenters. The molecule has 7 heteroatoms. The molecule has 0 radical (unpaired) electrons. The van der Waals surface area contributed by atoms with Crippen molar-refractivity contribution in [2.45, 2.75) is 39.2 Å². The Morgan fingerprint density at radius 1 is 1.19 bits per heavy atom. The fraction of sp³-hybridized carbons (Fsp3) is 0.500. The summed E-state index contributed by atoms with van der Waals surface area (Å²) in [5.41, 5.74) is 0.858. The van der Waals surface area contributed by atoms with Gasteiger partial charge in [-0.25, -0.2) is 0 Å². The number of ether oxygens (including phenoxy) is 2. The Morgan fingerprint density at radius 2 is 1.85 bits per heavy atom. The number of halogens is 1. The molecule has 1 fully saturated rings. The lowest BCUT2D eigenvalue weighted by Gasteiger charge is -2.42. The van der Waals surface area contributed by atoms with E-state index >= 15 is 0 Å². The van der Waals surface area contributed by atoms with E-state index in [1.165, 1.54) is 0 Å². The second-order valence-corrected chi connectivity index (χ2v) is 7.94. The van der Waals surface area contributed by atoms with Crippen molar-refractivity contribution in [1.82, 2.24) is 10.6 Å². The summed E-state index contributed by atoms with van der Waals surface area (Å²) in [6.45, 7) is 8.46. The molecular weight excluding hydrogens is 368 g/mol.